The molecule has 5 heteroatoms. The summed E-state index contributed by atoms with van der Waals surface area (Å²) >= 11 is 5.77. The van der Waals surface area contributed by atoms with Gasteiger partial charge in [-0.3, -0.25) is 4.79 Å². The molecule has 0 spiro atoms. The van der Waals surface area contributed by atoms with E-state index in [0.717, 1.165) is 18.2 Å². The van der Waals surface area contributed by atoms with Crippen LogP contribution in [0.15, 0.2) is 18.2 Å². The third kappa shape index (κ3) is 3.05. The number of carbonyl (C=O) groups is 1. The quantitative estimate of drug-likeness (QED) is 0.713. The second-order valence-corrected chi connectivity index (χ2v) is 5.17. The Morgan fingerprint density at radius 1 is 1.28 bits per heavy atom. The third-order valence-corrected chi connectivity index (χ3v) is 3.35. The van der Waals surface area contributed by atoms with Crippen LogP contribution in [0.4, 0.5) is 13.2 Å². The largest absolute Gasteiger partial charge is 0.416 e. The van der Waals surface area contributed by atoms with Gasteiger partial charge in [-0.2, -0.15) is 13.2 Å². The number of hydrogen-bond donors (Lipinski definition) is 0. The number of halogens is 4. The zero-order valence-corrected chi connectivity index (χ0v) is 11.1. The van der Waals surface area contributed by atoms with Crippen LogP contribution in [0.3, 0.4) is 0 Å². The van der Waals surface area contributed by atoms with Crippen LogP contribution in [-0.4, -0.2) is 5.78 Å². The predicted molar refractivity (Wildman–Crippen MR) is 64.9 cm³/mol. The zero-order chi connectivity index (χ0) is 14.1. The van der Waals surface area contributed by atoms with Gasteiger partial charge in [-0.05, 0) is 24.6 Å². The number of alkyl halides is 3. The van der Waals surface area contributed by atoms with Gasteiger partial charge in [-0.25, -0.2) is 0 Å². The van der Waals surface area contributed by atoms with Crippen molar-refractivity contribution >= 4 is 17.4 Å². The van der Waals surface area contributed by atoms with Crippen molar-refractivity contribution in [3.05, 3.63) is 34.3 Å². The van der Waals surface area contributed by atoms with Crippen molar-refractivity contribution in [2.45, 2.75) is 33.4 Å². The first-order valence-electron chi connectivity index (χ1n) is 5.51. The molecule has 0 aromatic heterocycles. The first kappa shape index (κ1) is 15.0. The lowest BCUT2D eigenvalue weighted by Gasteiger charge is -2.21. The monoisotopic (exact) mass is 278 g/mol. The molecular weight excluding hydrogens is 265 g/mol. The molecule has 0 radical (unpaired) electrons. The average molecular weight is 279 g/mol. The predicted octanol–water partition coefficient (Wildman–Crippen LogP) is 4.98. The van der Waals surface area contributed by atoms with Gasteiger partial charge in [0.05, 0.1) is 10.6 Å². The Morgan fingerprint density at radius 3 is 2.22 bits per heavy atom. The van der Waals surface area contributed by atoms with Crippen LogP contribution in [0.2, 0.25) is 5.02 Å². The Kier molecular flexibility index (Phi) is 4.11. The molecule has 0 saturated heterocycles. The Labute approximate surface area is 109 Å². The molecule has 0 amide bonds. The van der Waals surface area contributed by atoms with E-state index in [9.17, 15) is 18.0 Å². The van der Waals surface area contributed by atoms with Crippen molar-refractivity contribution in [3.8, 4) is 0 Å². The number of ketones is 1. The van der Waals surface area contributed by atoms with Gasteiger partial charge in [-0.15, -0.1) is 0 Å². The molecule has 0 N–H and O–H groups in total. The highest BCUT2D eigenvalue weighted by Crippen LogP contribution is 2.34. The molecule has 1 nitrogen and oxygen atoms in total. The maximum absolute atomic E-state index is 12.5. The number of benzene rings is 1. The van der Waals surface area contributed by atoms with E-state index in [1.807, 2.05) is 6.92 Å². The van der Waals surface area contributed by atoms with Gasteiger partial charge in [0.1, 0.15) is 0 Å². The molecule has 0 saturated carbocycles. The van der Waals surface area contributed by atoms with Gasteiger partial charge < -0.3 is 0 Å². The Morgan fingerprint density at radius 2 is 1.83 bits per heavy atom. The summed E-state index contributed by atoms with van der Waals surface area (Å²) in [6.07, 6.45) is -3.87. The second-order valence-electron chi connectivity index (χ2n) is 4.76. The molecule has 1 aromatic rings. The highest BCUT2D eigenvalue weighted by Gasteiger charge is 2.33. The van der Waals surface area contributed by atoms with E-state index in [4.69, 9.17) is 11.6 Å². The van der Waals surface area contributed by atoms with Crippen LogP contribution < -0.4 is 0 Å². The smallest absolute Gasteiger partial charge is 0.294 e. The van der Waals surface area contributed by atoms with E-state index < -0.39 is 17.2 Å². The lowest BCUT2D eigenvalue weighted by molar-refractivity contribution is -0.137. The van der Waals surface area contributed by atoms with Gasteiger partial charge in [0.25, 0.3) is 0 Å². The fraction of sp³-hybridized carbons (Fsp3) is 0.462. The highest BCUT2D eigenvalue weighted by atomic mass is 35.5. The molecule has 0 fully saturated rings. The van der Waals surface area contributed by atoms with Crippen LogP contribution in [0, 0.1) is 5.41 Å². The summed E-state index contributed by atoms with van der Waals surface area (Å²) < 4.78 is 37.4. The zero-order valence-electron chi connectivity index (χ0n) is 10.4. The molecule has 0 aliphatic carbocycles. The third-order valence-electron chi connectivity index (χ3n) is 3.04. The summed E-state index contributed by atoms with van der Waals surface area (Å²) in [5.74, 6) is -0.247. The topological polar surface area (TPSA) is 17.1 Å². The summed E-state index contributed by atoms with van der Waals surface area (Å²) in [4.78, 5) is 12.1. The highest BCUT2D eigenvalue weighted by molar-refractivity contribution is 6.34. The van der Waals surface area contributed by atoms with Crippen LogP contribution in [0.25, 0.3) is 0 Å². The number of hydrogen-bond acceptors (Lipinski definition) is 1. The first-order valence-corrected chi connectivity index (χ1v) is 5.89. The van der Waals surface area contributed by atoms with Crippen LogP contribution >= 0.6 is 11.6 Å². The molecule has 1 aromatic carbocycles. The SMILES string of the molecule is CCC(C)(C)C(=O)c1ccc(C(F)(F)F)cc1Cl. The van der Waals surface area contributed by atoms with Gasteiger partial charge in [0, 0.05) is 11.0 Å². The molecule has 0 aliphatic heterocycles. The fourth-order valence-corrected chi connectivity index (χ4v) is 1.67. The normalized spacial score (nSPS) is 12.6. The number of carbonyl (C=O) groups excluding carboxylic acids is 1. The molecule has 0 atom stereocenters. The summed E-state index contributed by atoms with van der Waals surface area (Å²) in [5, 5.41) is -0.156. The standard InChI is InChI=1S/C13H14ClF3O/c1-4-12(2,3)11(18)9-6-5-8(7-10(9)14)13(15,16)17/h5-7H,4H2,1-3H3. The molecular formula is C13H14ClF3O. The van der Waals surface area contributed by atoms with Crippen LogP contribution in [-0.2, 0) is 6.18 Å². The first-order chi connectivity index (χ1) is 8.09. The van der Waals surface area contributed by atoms with Crippen LogP contribution in [0.1, 0.15) is 43.1 Å². The molecule has 0 bridgehead atoms. The van der Waals surface area contributed by atoms with E-state index in [1.54, 1.807) is 13.8 Å². The fourth-order valence-electron chi connectivity index (χ4n) is 1.40. The van der Waals surface area contributed by atoms with Crippen molar-refractivity contribution in [2.75, 3.05) is 0 Å². The van der Waals surface area contributed by atoms with E-state index in [-0.39, 0.29) is 16.4 Å². The maximum atomic E-state index is 12.5. The summed E-state index contributed by atoms with van der Waals surface area (Å²) in [6.45, 7) is 5.32. The van der Waals surface area contributed by atoms with E-state index in [1.165, 1.54) is 0 Å². The molecule has 1 rings (SSSR count). The second kappa shape index (κ2) is 4.92. The number of Topliss-reactive ketones (excluding diaryl/α,β-unsaturated/α-hetero) is 1. The summed E-state index contributed by atoms with van der Waals surface area (Å²) in [5.41, 5.74) is -1.35. The Bertz CT molecular complexity index is 464. The lowest BCUT2D eigenvalue weighted by atomic mass is 9.82. The summed E-state index contributed by atoms with van der Waals surface area (Å²) in [6, 6.07) is 2.82. The molecule has 100 valence electrons. The van der Waals surface area contributed by atoms with Crippen molar-refractivity contribution in [1.82, 2.24) is 0 Å². The molecule has 0 heterocycles. The van der Waals surface area contributed by atoms with E-state index in [0.29, 0.717) is 6.42 Å². The maximum Gasteiger partial charge on any atom is 0.416 e. The average Bonchev–Trinajstić information content (AvgIpc) is 2.26. The van der Waals surface area contributed by atoms with Crippen molar-refractivity contribution in [2.24, 2.45) is 5.41 Å². The van der Waals surface area contributed by atoms with Gasteiger partial charge in [0.2, 0.25) is 0 Å². The minimum Gasteiger partial charge on any atom is -0.294 e. The van der Waals surface area contributed by atoms with Gasteiger partial charge >= 0.3 is 6.18 Å². The van der Waals surface area contributed by atoms with Crippen LogP contribution in [0.5, 0.6) is 0 Å². The minimum absolute atomic E-state index is 0.136. The van der Waals surface area contributed by atoms with Crippen molar-refractivity contribution < 1.29 is 18.0 Å². The van der Waals surface area contributed by atoms with Gasteiger partial charge in [-0.1, -0.05) is 32.4 Å². The van der Waals surface area contributed by atoms with Crippen molar-refractivity contribution in [3.63, 3.8) is 0 Å². The van der Waals surface area contributed by atoms with Gasteiger partial charge in [0.15, 0.2) is 5.78 Å². The molecule has 0 unspecified atom stereocenters. The van der Waals surface area contributed by atoms with E-state index in [2.05, 4.69) is 0 Å². The van der Waals surface area contributed by atoms with E-state index >= 15 is 0 Å². The number of rotatable bonds is 3. The molecule has 18 heavy (non-hydrogen) atoms. The Hall–Kier alpha value is -1.03. The Balaban J connectivity index is 3.19. The lowest BCUT2D eigenvalue weighted by Crippen LogP contribution is -2.23. The molecule has 0 aliphatic rings. The summed E-state index contributed by atoms with van der Waals surface area (Å²) in [7, 11) is 0. The van der Waals surface area contributed by atoms with Crippen molar-refractivity contribution in [1.29, 1.82) is 0 Å². The minimum atomic E-state index is -4.45.